The predicted molar refractivity (Wildman–Crippen MR) is 54.4 cm³/mol. The highest BCUT2D eigenvalue weighted by Crippen LogP contribution is 2.06. The summed E-state index contributed by atoms with van der Waals surface area (Å²) < 4.78 is 0. The molecule has 0 aliphatic carbocycles. The van der Waals surface area contributed by atoms with Crippen LogP contribution in [0.15, 0.2) is 29.4 Å². The molecule has 0 spiro atoms. The highest BCUT2D eigenvalue weighted by molar-refractivity contribution is 5.83. The van der Waals surface area contributed by atoms with Gasteiger partial charge in [-0.3, -0.25) is 0 Å². The molecule has 2 heteroatoms. The number of oxime groups is 1. The first kappa shape index (κ1) is 9.78. The summed E-state index contributed by atoms with van der Waals surface area (Å²) in [6.45, 7) is 3.95. The molecule has 1 N–H and O–H groups in total. The lowest BCUT2D eigenvalue weighted by atomic mass is 10.1. The van der Waals surface area contributed by atoms with Crippen molar-refractivity contribution in [2.24, 2.45) is 5.16 Å². The van der Waals surface area contributed by atoms with Gasteiger partial charge in [-0.05, 0) is 24.5 Å². The number of benzene rings is 1. The zero-order valence-corrected chi connectivity index (χ0v) is 8.12. The fourth-order valence-corrected chi connectivity index (χ4v) is 1.22. The molecule has 0 amide bonds. The number of hydrogen-bond acceptors (Lipinski definition) is 2. The SMILES string of the molecule is CCc1ccc(CC(C)=NO)cc1. The average Bonchev–Trinajstić information content (AvgIpc) is 2.19. The van der Waals surface area contributed by atoms with E-state index in [1.807, 2.05) is 6.92 Å². The van der Waals surface area contributed by atoms with Crippen molar-refractivity contribution in [3.05, 3.63) is 35.4 Å². The molecule has 70 valence electrons. The van der Waals surface area contributed by atoms with Crippen molar-refractivity contribution in [1.29, 1.82) is 0 Å². The van der Waals surface area contributed by atoms with Gasteiger partial charge >= 0.3 is 0 Å². The van der Waals surface area contributed by atoms with Gasteiger partial charge in [0, 0.05) is 6.42 Å². The molecule has 0 aliphatic heterocycles. The van der Waals surface area contributed by atoms with E-state index in [0.29, 0.717) is 0 Å². The van der Waals surface area contributed by atoms with Crippen molar-refractivity contribution >= 4 is 5.71 Å². The molecular formula is C11H15NO. The summed E-state index contributed by atoms with van der Waals surface area (Å²) in [7, 11) is 0. The summed E-state index contributed by atoms with van der Waals surface area (Å²) in [6.07, 6.45) is 1.79. The Hall–Kier alpha value is -1.31. The third-order valence-corrected chi connectivity index (χ3v) is 2.06. The Morgan fingerprint density at radius 2 is 1.77 bits per heavy atom. The maximum atomic E-state index is 8.48. The van der Waals surface area contributed by atoms with Crippen LogP contribution >= 0.6 is 0 Å². The van der Waals surface area contributed by atoms with E-state index in [1.165, 1.54) is 11.1 Å². The van der Waals surface area contributed by atoms with Crippen molar-refractivity contribution < 1.29 is 5.21 Å². The number of nitrogens with zero attached hydrogens (tertiary/aromatic N) is 1. The Morgan fingerprint density at radius 1 is 1.23 bits per heavy atom. The maximum absolute atomic E-state index is 8.48. The molecule has 1 rings (SSSR count). The predicted octanol–water partition coefficient (Wildman–Crippen LogP) is 2.64. The zero-order valence-electron chi connectivity index (χ0n) is 8.12. The van der Waals surface area contributed by atoms with E-state index in [0.717, 1.165) is 18.6 Å². The van der Waals surface area contributed by atoms with Gasteiger partial charge in [-0.2, -0.15) is 0 Å². The van der Waals surface area contributed by atoms with Crippen LogP contribution in [0.4, 0.5) is 0 Å². The van der Waals surface area contributed by atoms with Gasteiger partial charge in [-0.15, -0.1) is 0 Å². The quantitative estimate of drug-likeness (QED) is 0.429. The monoisotopic (exact) mass is 177 g/mol. The van der Waals surface area contributed by atoms with Gasteiger partial charge in [-0.25, -0.2) is 0 Å². The van der Waals surface area contributed by atoms with Gasteiger partial charge < -0.3 is 5.21 Å². The van der Waals surface area contributed by atoms with Crippen molar-refractivity contribution in [3.63, 3.8) is 0 Å². The summed E-state index contributed by atoms with van der Waals surface area (Å²) in [4.78, 5) is 0. The second-order valence-corrected chi connectivity index (χ2v) is 3.18. The van der Waals surface area contributed by atoms with Gasteiger partial charge in [0.15, 0.2) is 0 Å². The Bertz CT molecular complexity index is 287. The van der Waals surface area contributed by atoms with Crippen LogP contribution in [0, 0.1) is 0 Å². The molecule has 1 aromatic carbocycles. The first-order chi connectivity index (χ1) is 6.26. The topological polar surface area (TPSA) is 32.6 Å². The van der Waals surface area contributed by atoms with E-state index in [9.17, 15) is 0 Å². The summed E-state index contributed by atoms with van der Waals surface area (Å²) in [5.41, 5.74) is 3.26. The summed E-state index contributed by atoms with van der Waals surface area (Å²) >= 11 is 0. The van der Waals surface area contributed by atoms with Crippen molar-refractivity contribution in [2.45, 2.75) is 26.7 Å². The molecule has 13 heavy (non-hydrogen) atoms. The number of hydrogen-bond donors (Lipinski definition) is 1. The van der Waals surface area contributed by atoms with E-state index >= 15 is 0 Å². The van der Waals surface area contributed by atoms with E-state index in [1.54, 1.807) is 0 Å². The third kappa shape index (κ3) is 2.90. The second-order valence-electron chi connectivity index (χ2n) is 3.18. The minimum Gasteiger partial charge on any atom is -0.411 e. The van der Waals surface area contributed by atoms with Crippen molar-refractivity contribution in [1.82, 2.24) is 0 Å². The van der Waals surface area contributed by atoms with E-state index in [2.05, 4.69) is 36.3 Å². The average molecular weight is 177 g/mol. The molecule has 0 unspecified atom stereocenters. The Kier molecular flexibility index (Phi) is 3.50. The van der Waals surface area contributed by atoms with Gasteiger partial charge in [0.05, 0.1) is 5.71 Å². The molecule has 0 fully saturated rings. The maximum Gasteiger partial charge on any atom is 0.0583 e. The Morgan fingerprint density at radius 3 is 2.23 bits per heavy atom. The van der Waals surface area contributed by atoms with Crippen LogP contribution in [0.2, 0.25) is 0 Å². The minimum absolute atomic E-state index is 0.723. The Labute approximate surface area is 78.9 Å². The normalized spacial score (nSPS) is 11.7. The van der Waals surface area contributed by atoms with E-state index in [4.69, 9.17) is 5.21 Å². The van der Waals surface area contributed by atoms with Crippen LogP contribution in [-0.4, -0.2) is 10.9 Å². The molecule has 0 aromatic heterocycles. The molecular weight excluding hydrogens is 162 g/mol. The van der Waals surface area contributed by atoms with Crippen LogP contribution < -0.4 is 0 Å². The van der Waals surface area contributed by atoms with E-state index in [-0.39, 0.29) is 0 Å². The van der Waals surface area contributed by atoms with Gasteiger partial charge in [-0.1, -0.05) is 36.3 Å². The van der Waals surface area contributed by atoms with Gasteiger partial charge in [0.1, 0.15) is 0 Å². The lowest BCUT2D eigenvalue weighted by molar-refractivity contribution is 0.317. The zero-order chi connectivity index (χ0) is 9.68. The highest BCUT2D eigenvalue weighted by atomic mass is 16.4. The van der Waals surface area contributed by atoms with Gasteiger partial charge in [0.25, 0.3) is 0 Å². The van der Waals surface area contributed by atoms with Crippen LogP contribution in [0.1, 0.15) is 25.0 Å². The Balaban J connectivity index is 2.69. The van der Waals surface area contributed by atoms with Crippen molar-refractivity contribution in [3.8, 4) is 0 Å². The van der Waals surface area contributed by atoms with E-state index < -0.39 is 0 Å². The van der Waals surface area contributed by atoms with Crippen LogP contribution in [-0.2, 0) is 12.8 Å². The molecule has 0 saturated heterocycles. The number of rotatable bonds is 3. The molecule has 0 radical (unpaired) electrons. The summed E-state index contributed by atoms with van der Waals surface area (Å²) in [5, 5.41) is 11.6. The molecule has 0 bridgehead atoms. The molecule has 0 saturated carbocycles. The largest absolute Gasteiger partial charge is 0.411 e. The standard InChI is InChI=1S/C11H15NO/c1-3-10-4-6-11(7-5-10)8-9(2)12-13/h4-7,13H,3,8H2,1-2H3. The smallest absolute Gasteiger partial charge is 0.0583 e. The summed E-state index contributed by atoms with van der Waals surface area (Å²) in [6, 6.07) is 8.38. The lowest BCUT2D eigenvalue weighted by Gasteiger charge is -2.00. The first-order valence-corrected chi connectivity index (χ1v) is 4.51. The molecule has 1 aromatic rings. The van der Waals surface area contributed by atoms with Crippen LogP contribution in [0.3, 0.4) is 0 Å². The summed E-state index contributed by atoms with van der Waals surface area (Å²) in [5.74, 6) is 0. The first-order valence-electron chi connectivity index (χ1n) is 4.51. The fraction of sp³-hybridized carbons (Fsp3) is 0.364. The van der Waals surface area contributed by atoms with Crippen molar-refractivity contribution in [2.75, 3.05) is 0 Å². The molecule has 2 nitrogen and oxygen atoms in total. The van der Waals surface area contributed by atoms with Crippen LogP contribution in [0.25, 0.3) is 0 Å². The molecule has 0 heterocycles. The fourth-order valence-electron chi connectivity index (χ4n) is 1.22. The highest BCUT2D eigenvalue weighted by Gasteiger charge is 1.96. The van der Waals surface area contributed by atoms with Gasteiger partial charge in [0.2, 0.25) is 0 Å². The molecule has 0 aliphatic rings. The van der Waals surface area contributed by atoms with Crippen LogP contribution in [0.5, 0.6) is 0 Å². The third-order valence-electron chi connectivity index (χ3n) is 2.06. The lowest BCUT2D eigenvalue weighted by Crippen LogP contribution is -1.97. The number of aryl methyl sites for hydroxylation is 1. The second kappa shape index (κ2) is 4.65. The molecule has 0 atom stereocenters. The minimum atomic E-state index is 0.723.